The molecule has 0 aliphatic heterocycles. The Morgan fingerprint density at radius 1 is 1.31 bits per heavy atom. The van der Waals surface area contributed by atoms with E-state index in [9.17, 15) is 8.94 Å². The Hall–Kier alpha value is -0.540. The number of benzene rings is 1. The highest BCUT2D eigenvalue weighted by Gasteiger charge is 2.29. The number of halogens is 1. The quantitative estimate of drug-likeness (QED) is 0.725. The molecule has 0 bridgehead atoms. The van der Waals surface area contributed by atoms with Crippen LogP contribution in [0, 0.1) is 11.2 Å². The first-order valence-corrected chi connectivity index (χ1v) is 6.92. The molecule has 0 aliphatic carbocycles. The topological polar surface area (TPSA) is 23.1 Å². The fourth-order valence-electron chi connectivity index (χ4n) is 1.62. The molecule has 3 heteroatoms. The molecule has 1 aromatic rings. The summed E-state index contributed by atoms with van der Waals surface area (Å²) in [5, 5.41) is 0. The molecular weight excluding hydrogens is 223 g/mol. The third-order valence-electron chi connectivity index (χ3n) is 3.05. The van der Waals surface area contributed by atoms with Crippen LogP contribution in [0.25, 0.3) is 0 Å². The maximum Gasteiger partial charge on any atom is 0.158 e. The van der Waals surface area contributed by atoms with Crippen molar-refractivity contribution >= 4 is 11.2 Å². The molecule has 1 nitrogen and oxygen atoms in total. The van der Waals surface area contributed by atoms with E-state index in [0.29, 0.717) is 10.5 Å². The van der Waals surface area contributed by atoms with Gasteiger partial charge in [0.15, 0.2) is 4.90 Å². The molecule has 2 unspecified atom stereocenters. The smallest absolute Gasteiger partial charge is 0.158 e. The van der Waals surface area contributed by atoms with Gasteiger partial charge in [-0.15, -0.1) is 0 Å². The summed E-state index contributed by atoms with van der Waals surface area (Å²) in [7, 11) is 0. The van der Waals surface area contributed by atoms with Gasteiger partial charge in [0.1, 0.15) is 12.1 Å². The van der Waals surface area contributed by atoms with Gasteiger partial charge in [-0.25, -0.2) is 4.39 Å². The average molecular weight is 242 g/mol. The summed E-state index contributed by atoms with van der Waals surface area (Å²) in [6.07, 6.45) is 1.59. The molecule has 16 heavy (non-hydrogen) atoms. The van der Waals surface area contributed by atoms with E-state index in [1.165, 1.54) is 6.07 Å². The Bertz CT molecular complexity index is 369. The maximum atomic E-state index is 13.9. The first-order valence-electron chi connectivity index (χ1n) is 5.37. The summed E-state index contributed by atoms with van der Waals surface area (Å²) in [4.78, 5) is 0.613. The minimum absolute atomic E-state index is 0.0348. The van der Waals surface area contributed by atoms with Crippen LogP contribution in [0.2, 0.25) is 0 Å². The largest absolute Gasteiger partial charge is 0.612 e. The molecule has 0 N–H and O–H groups in total. The second kappa shape index (κ2) is 4.76. The number of hydrogen-bond acceptors (Lipinski definition) is 1. The van der Waals surface area contributed by atoms with Crippen LogP contribution in [-0.2, 0) is 11.2 Å². The average Bonchev–Trinajstić information content (AvgIpc) is 2.14. The molecule has 0 fully saturated rings. The second-order valence-electron chi connectivity index (χ2n) is 5.19. The summed E-state index contributed by atoms with van der Waals surface area (Å²) in [6.45, 7) is 8.17. The molecule has 1 rings (SSSR count). The third-order valence-corrected chi connectivity index (χ3v) is 4.03. The molecular formula is C13H19FOS. The zero-order chi connectivity index (χ0) is 12.5. The SMILES string of the molecule is CC(c1c(F)cccc1[S+](C)[O-])C(C)(C)C. The van der Waals surface area contributed by atoms with Crippen LogP contribution in [0.4, 0.5) is 4.39 Å². The molecule has 0 aromatic heterocycles. The minimum atomic E-state index is -1.15. The lowest BCUT2D eigenvalue weighted by Gasteiger charge is -2.29. The maximum absolute atomic E-state index is 13.9. The van der Waals surface area contributed by atoms with Gasteiger partial charge < -0.3 is 4.55 Å². The van der Waals surface area contributed by atoms with Gasteiger partial charge in [-0.05, 0) is 34.6 Å². The van der Waals surface area contributed by atoms with Crippen molar-refractivity contribution in [1.82, 2.24) is 0 Å². The van der Waals surface area contributed by atoms with Crippen molar-refractivity contribution in [2.45, 2.75) is 38.5 Å². The summed E-state index contributed by atoms with van der Waals surface area (Å²) >= 11 is -1.15. The zero-order valence-electron chi connectivity index (χ0n) is 10.5. The highest BCUT2D eigenvalue weighted by molar-refractivity contribution is 7.90. The van der Waals surface area contributed by atoms with Crippen molar-refractivity contribution in [3.8, 4) is 0 Å². The molecule has 0 spiro atoms. The summed E-state index contributed by atoms with van der Waals surface area (Å²) in [5.41, 5.74) is 0.548. The Kier molecular flexibility index (Phi) is 4.02. The van der Waals surface area contributed by atoms with E-state index in [4.69, 9.17) is 0 Å². The Labute approximate surface area is 100 Å². The van der Waals surface area contributed by atoms with E-state index in [1.54, 1.807) is 18.4 Å². The molecule has 0 saturated carbocycles. The predicted octanol–water partition coefficient (Wildman–Crippen LogP) is 3.71. The van der Waals surface area contributed by atoms with Gasteiger partial charge >= 0.3 is 0 Å². The highest BCUT2D eigenvalue weighted by Crippen LogP contribution is 2.38. The van der Waals surface area contributed by atoms with Crippen LogP contribution in [-0.4, -0.2) is 10.8 Å². The third kappa shape index (κ3) is 2.77. The first kappa shape index (κ1) is 13.5. The van der Waals surface area contributed by atoms with Crippen molar-refractivity contribution in [2.24, 2.45) is 5.41 Å². The van der Waals surface area contributed by atoms with Gasteiger partial charge in [-0.3, -0.25) is 0 Å². The van der Waals surface area contributed by atoms with E-state index < -0.39 is 11.2 Å². The lowest BCUT2D eigenvalue weighted by molar-refractivity contribution is 0.327. The summed E-state index contributed by atoms with van der Waals surface area (Å²) in [5.74, 6) is -0.220. The molecule has 0 heterocycles. The fourth-order valence-corrected chi connectivity index (χ4v) is 2.48. The van der Waals surface area contributed by atoms with Gasteiger partial charge in [0, 0.05) is 5.56 Å². The van der Waals surface area contributed by atoms with E-state index in [1.807, 2.05) is 6.92 Å². The van der Waals surface area contributed by atoms with E-state index >= 15 is 0 Å². The lowest BCUT2D eigenvalue weighted by Crippen LogP contribution is -2.19. The number of rotatable bonds is 2. The van der Waals surface area contributed by atoms with Crippen molar-refractivity contribution < 1.29 is 8.94 Å². The van der Waals surface area contributed by atoms with Gasteiger partial charge in [0.25, 0.3) is 0 Å². The van der Waals surface area contributed by atoms with Crippen LogP contribution >= 0.6 is 0 Å². The zero-order valence-corrected chi connectivity index (χ0v) is 11.3. The molecule has 0 aliphatic rings. The standard InChI is InChI=1S/C13H19FOS/c1-9(13(2,3)4)12-10(14)7-6-8-11(12)16(5)15/h6-9H,1-5H3. The molecule has 90 valence electrons. The molecule has 0 saturated heterocycles. The van der Waals surface area contributed by atoms with Gasteiger partial charge in [0.2, 0.25) is 0 Å². The summed E-state index contributed by atoms with van der Waals surface area (Å²) < 4.78 is 25.5. The monoisotopic (exact) mass is 242 g/mol. The Morgan fingerprint density at radius 2 is 1.88 bits per heavy atom. The fraction of sp³-hybridized carbons (Fsp3) is 0.538. The van der Waals surface area contributed by atoms with Crippen LogP contribution in [0.15, 0.2) is 23.1 Å². The van der Waals surface area contributed by atoms with E-state index in [2.05, 4.69) is 20.8 Å². The molecule has 1 aromatic carbocycles. The first-order chi connectivity index (χ1) is 7.25. The van der Waals surface area contributed by atoms with Crippen LogP contribution < -0.4 is 0 Å². The summed E-state index contributed by atoms with van der Waals surface area (Å²) in [6, 6.07) is 4.80. The molecule has 0 radical (unpaired) electrons. The van der Waals surface area contributed by atoms with E-state index in [-0.39, 0.29) is 17.2 Å². The van der Waals surface area contributed by atoms with Crippen molar-refractivity contribution in [1.29, 1.82) is 0 Å². The van der Waals surface area contributed by atoms with Gasteiger partial charge in [-0.1, -0.05) is 33.8 Å². The second-order valence-corrected chi connectivity index (χ2v) is 6.54. The van der Waals surface area contributed by atoms with Crippen molar-refractivity contribution in [2.75, 3.05) is 6.26 Å². The Morgan fingerprint density at radius 3 is 2.31 bits per heavy atom. The molecule has 2 atom stereocenters. The normalized spacial score (nSPS) is 15.9. The van der Waals surface area contributed by atoms with Crippen LogP contribution in [0.1, 0.15) is 39.2 Å². The predicted molar refractivity (Wildman–Crippen MR) is 66.6 cm³/mol. The van der Waals surface area contributed by atoms with E-state index in [0.717, 1.165) is 0 Å². The minimum Gasteiger partial charge on any atom is -0.612 e. The molecule has 0 amide bonds. The van der Waals surface area contributed by atoms with Crippen LogP contribution in [0.3, 0.4) is 0 Å². The van der Waals surface area contributed by atoms with Crippen LogP contribution in [0.5, 0.6) is 0 Å². The van der Waals surface area contributed by atoms with Crippen molar-refractivity contribution in [3.63, 3.8) is 0 Å². The van der Waals surface area contributed by atoms with Gasteiger partial charge in [-0.2, -0.15) is 0 Å². The van der Waals surface area contributed by atoms with Crippen molar-refractivity contribution in [3.05, 3.63) is 29.6 Å². The van der Waals surface area contributed by atoms with Gasteiger partial charge in [0.05, 0.1) is 0 Å². The Balaban J connectivity index is 3.31. The number of hydrogen-bond donors (Lipinski definition) is 0. The lowest BCUT2D eigenvalue weighted by atomic mass is 9.77. The highest BCUT2D eigenvalue weighted by atomic mass is 32.2.